The van der Waals surface area contributed by atoms with Crippen molar-refractivity contribution in [1.82, 2.24) is 15.1 Å². The minimum absolute atomic E-state index is 0.188. The van der Waals surface area contributed by atoms with E-state index < -0.39 is 0 Å². The zero-order valence-electron chi connectivity index (χ0n) is 12.6. The Morgan fingerprint density at radius 1 is 1.30 bits per heavy atom. The van der Waals surface area contributed by atoms with Gasteiger partial charge in [0.15, 0.2) is 0 Å². The third-order valence-electron chi connectivity index (χ3n) is 3.32. The zero-order valence-corrected chi connectivity index (χ0v) is 13.4. The summed E-state index contributed by atoms with van der Waals surface area (Å²) in [6.45, 7) is 2.59. The Hall–Kier alpha value is -2.47. The molecule has 1 amide bonds. The van der Waals surface area contributed by atoms with Gasteiger partial charge in [-0.2, -0.15) is 5.10 Å². The number of hydrogen-bond donors (Lipinski definition) is 1. The molecule has 118 valence electrons. The fourth-order valence-electron chi connectivity index (χ4n) is 2.20. The lowest BCUT2D eigenvalue weighted by Gasteiger charge is -2.07. The van der Waals surface area contributed by atoms with Gasteiger partial charge in [-0.25, -0.2) is 9.07 Å². The molecule has 0 fully saturated rings. The molecule has 0 unspecified atom stereocenters. The van der Waals surface area contributed by atoms with Gasteiger partial charge in [-0.05, 0) is 48.2 Å². The summed E-state index contributed by atoms with van der Waals surface area (Å²) in [6, 6.07) is 11.6. The van der Waals surface area contributed by atoms with Crippen LogP contribution in [0.2, 0.25) is 0 Å². The molecular formula is C17H16FN3OS. The van der Waals surface area contributed by atoms with Gasteiger partial charge in [0, 0.05) is 6.54 Å². The predicted molar refractivity (Wildman–Crippen MR) is 89.5 cm³/mol. The molecular weight excluding hydrogens is 313 g/mol. The number of carbonyl (C=O) groups excluding carboxylic acids is 1. The topological polar surface area (TPSA) is 46.9 Å². The van der Waals surface area contributed by atoms with Crippen LogP contribution in [0.3, 0.4) is 0 Å². The second kappa shape index (κ2) is 6.75. The second-order valence-electron chi connectivity index (χ2n) is 5.04. The monoisotopic (exact) mass is 329 g/mol. The molecule has 4 nitrogen and oxygen atoms in total. The third kappa shape index (κ3) is 3.32. The maximum atomic E-state index is 13.1. The molecule has 3 rings (SSSR count). The molecule has 0 aliphatic rings. The van der Waals surface area contributed by atoms with Crippen molar-refractivity contribution in [1.29, 1.82) is 0 Å². The lowest BCUT2D eigenvalue weighted by Crippen LogP contribution is -2.26. The normalized spacial score (nSPS) is 10.7. The first kappa shape index (κ1) is 15.4. The highest BCUT2D eigenvalue weighted by atomic mass is 32.1. The van der Waals surface area contributed by atoms with Crippen molar-refractivity contribution in [3.63, 3.8) is 0 Å². The summed E-state index contributed by atoms with van der Waals surface area (Å²) in [5, 5.41) is 9.35. The molecule has 2 heterocycles. The quantitative estimate of drug-likeness (QED) is 0.772. The summed E-state index contributed by atoms with van der Waals surface area (Å²) in [4.78, 5) is 13.4. The number of hydrogen-bond acceptors (Lipinski definition) is 3. The lowest BCUT2D eigenvalue weighted by atomic mass is 10.2. The zero-order chi connectivity index (χ0) is 16.2. The third-order valence-corrected chi connectivity index (χ3v) is 4.21. The first-order valence-corrected chi connectivity index (χ1v) is 8.25. The van der Waals surface area contributed by atoms with Crippen molar-refractivity contribution in [2.75, 3.05) is 6.54 Å². The largest absolute Gasteiger partial charge is 0.351 e. The fourth-order valence-corrected chi connectivity index (χ4v) is 2.88. The molecule has 0 radical (unpaired) electrons. The molecule has 0 saturated heterocycles. The second-order valence-corrected chi connectivity index (χ2v) is 5.98. The molecule has 2 aromatic heterocycles. The number of rotatable bonds is 5. The molecule has 0 bridgehead atoms. The molecule has 1 N–H and O–H groups in total. The summed E-state index contributed by atoms with van der Waals surface area (Å²) in [6.07, 6.45) is 0.855. The molecule has 23 heavy (non-hydrogen) atoms. The van der Waals surface area contributed by atoms with E-state index in [1.54, 1.807) is 34.2 Å². The maximum Gasteiger partial charge on any atom is 0.270 e. The minimum atomic E-state index is -0.323. The SMILES string of the molecule is CCCNC(=O)c1cc(-c2cccs2)nn1-c1ccc(F)cc1. The van der Waals surface area contributed by atoms with Crippen LogP contribution >= 0.6 is 11.3 Å². The Balaban J connectivity index is 2.04. The van der Waals surface area contributed by atoms with E-state index in [1.165, 1.54) is 12.1 Å². The predicted octanol–water partition coefficient (Wildman–Crippen LogP) is 3.88. The number of halogens is 1. The standard InChI is InChI=1S/C17H16FN3OS/c1-2-9-19-17(22)15-11-14(16-4-3-10-23-16)20-21(15)13-7-5-12(18)6-8-13/h3-8,10-11H,2,9H2,1H3,(H,19,22). The van der Waals surface area contributed by atoms with E-state index in [0.29, 0.717) is 17.9 Å². The van der Waals surface area contributed by atoms with Crippen molar-refractivity contribution < 1.29 is 9.18 Å². The number of nitrogens with one attached hydrogen (secondary N) is 1. The summed E-state index contributed by atoms with van der Waals surface area (Å²) >= 11 is 1.56. The number of aromatic nitrogens is 2. The molecule has 0 atom stereocenters. The van der Waals surface area contributed by atoms with Crippen molar-refractivity contribution in [2.24, 2.45) is 0 Å². The molecule has 3 aromatic rings. The van der Waals surface area contributed by atoms with Crippen LogP contribution < -0.4 is 5.32 Å². The van der Waals surface area contributed by atoms with Crippen LogP contribution in [0.15, 0.2) is 47.8 Å². The average molecular weight is 329 g/mol. The van der Waals surface area contributed by atoms with Crippen LogP contribution in [0.4, 0.5) is 4.39 Å². The van der Waals surface area contributed by atoms with Gasteiger partial charge in [-0.3, -0.25) is 4.79 Å². The van der Waals surface area contributed by atoms with Crippen LogP contribution in [0.1, 0.15) is 23.8 Å². The Bertz CT molecular complexity index is 794. The Labute approximate surface area is 137 Å². The molecule has 0 aliphatic heterocycles. The number of thiophene rings is 1. The molecule has 1 aromatic carbocycles. The van der Waals surface area contributed by atoms with E-state index in [-0.39, 0.29) is 11.7 Å². The van der Waals surface area contributed by atoms with E-state index in [9.17, 15) is 9.18 Å². The van der Waals surface area contributed by atoms with E-state index in [2.05, 4.69) is 10.4 Å². The van der Waals surface area contributed by atoms with Crippen LogP contribution in [-0.2, 0) is 0 Å². The highest BCUT2D eigenvalue weighted by molar-refractivity contribution is 7.13. The number of nitrogens with zero attached hydrogens (tertiary/aromatic N) is 2. The molecule has 0 aliphatic carbocycles. The first-order valence-electron chi connectivity index (χ1n) is 7.37. The van der Waals surface area contributed by atoms with Crippen molar-refractivity contribution in [2.45, 2.75) is 13.3 Å². The summed E-state index contributed by atoms with van der Waals surface area (Å²) in [7, 11) is 0. The lowest BCUT2D eigenvalue weighted by molar-refractivity contribution is 0.0946. The summed E-state index contributed by atoms with van der Waals surface area (Å²) < 4.78 is 14.7. The van der Waals surface area contributed by atoms with Gasteiger partial charge in [-0.1, -0.05) is 13.0 Å². The van der Waals surface area contributed by atoms with Gasteiger partial charge in [0.05, 0.1) is 10.6 Å². The van der Waals surface area contributed by atoms with Crippen LogP contribution in [0.5, 0.6) is 0 Å². The van der Waals surface area contributed by atoms with Crippen molar-refractivity contribution in [3.8, 4) is 16.3 Å². The summed E-state index contributed by atoms with van der Waals surface area (Å²) in [5.74, 6) is -0.511. The van der Waals surface area contributed by atoms with Crippen LogP contribution in [-0.4, -0.2) is 22.2 Å². The highest BCUT2D eigenvalue weighted by Crippen LogP contribution is 2.25. The van der Waals surface area contributed by atoms with Crippen LogP contribution in [0, 0.1) is 5.82 Å². The van der Waals surface area contributed by atoms with E-state index in [0.717, 1.165) is 17.0 Å². The Kier molecular flexibility index (Phi) is 4.52. The van der Waals surface area contributed by atoms with Crippen molar-refractivity contribution >= 4 is 17.2 Å². The van der Waals surface area contributed by atoms with E-state index in [4.69, 9.17) is 0 Å². The minimum Gasteiger partial charge on any atom is -0.351 e. The van der Waals surface area contributed by atoms with Gasteiger partial charge < -0.3 is 5.32 Å². The average Bonchev–Trinajstić information content (AvgIpc) is 3.22. The highest BCUT2D eigenvalue weighted by Gasteiger charge is 2.17. The van der Waals surface area contributed by atoms with Crippen molar-refractivity contribution in [3.05, 3.63) is 59.4 Å². The van der Waals surface area contributed by atoms with E-state index >= 15 is 0 Å². The number of amides is 1. The first-order chi connectivity index (χ1) is 11.2. The van der Waals surface area contributed by atoms with Gasteiger partial charge in [0.2, 0.25) is 0 Å². The van der Waals surface area contributed by atoms with Gasteiger partial charge in [0.1, 0.15) is 17.2 Å². The van der Waals surface area contributed by atoms with Crippen LogP contribution in [0.25, 0.3) is 16.3 Å². The van der Waals surface area contributed by atoms with E-state index in [1.807, 2.05) is 24.4 Å². The fraction of sp³-hybridized carbons (Fsp3) is 0.176. The van der Waals surface area contributed by atoms with Gasteiger partial charge >= 0.3 is 0 Å². The number of benzene rings is 1. The maximum absolute atomic E-state index is 13.1. The smallest absolute Gasteiger partial charge is 0.270 e. The van der Waals surface area contributed by atoms with Gasteiger partial charge in [-0.15, -0.1) is 11.3 Å². The van der Waals surface area contributed by atoms with Gasteiger partial charge in [0.25, 0.3) is 5.91 Å². The molecule has 6 heteroatoms. The molecule has 0 saturated carbocycles. The Morgan fingerprint density at radius 3 is 2.74 bits per heavy atom. The molecule has 0 spiro atoms. The Morgan fingerprint density at radius 2 is 2.09 bits per heavy atom. The number of carbonyl (C=O) groups is 1. The summed E-state index contributed by atoms with van der Waals surface area (Å²) in [5.41, 5.74) is 1.82.